The molecule has 0 radical (unpaired) electrons. The van der Waals surface area contributed by atoms with Crippen LogP contribution in [0.5, 0.6) is 0 Å². The van der Waals surface area contributed by atoms with E-state index in [0.717, 1.165) is 18.0 Å². The normalized spacial score (nSPS) is 15.7. The quantitative estimate of drug-likeness (QED) is 0.819. The van der Waals surface area contributed by atoms with E-state index >= 15 is 0 Å². The summed E-state index contributed by atoms with van der Waals surface area (Å²) in [5.41, 5.74) is 0. The molecule has 1 rings (SSSR count). The summed E-state index contributed by atoms with van der Waals surface area (Å²) in [6.07, 6.45) is 4.71. The van der Waals surface area contributed by atoms with Gasteiger partial charge in [0.25, 0.3) is 0 Å². The largest absolute Gasteiger partial charge is 0.312 e. The zero-order valence-electron chi connectivity index (χ0n) is 10.5. The molecule has 0 fully saturated rings. The Hall–Kier alpha value is -0.460. The Labute approximate surface area is 107 Å². The Balaban J connectivity index is 2.73. The molecule has 17 heavy (non-hydrogen) atoms. The van der Waals surface area contributed by atoms with Crippen molar-refractivity contribution in [3.8, 4) is 0 Å². The summed E-state index contributed by atoms with van der Waals surface area (Å²) in [6.45, 7) is 4.66. The maximum absolute atomic E-state index is 11.6. The molecule has 0 aromatic carbocycles. The average Bonchev–Trinajstić information content (AvgIpc) is 2.74. The van der Waals surface area contributed by atoms with Crippen molar-refractivity contribution in [2.45, 2.75) is 38.0 Å². The molecule has 98 valence electrons. The van der Waals surface area contributed by atoms with Crippen molar-refractivity contribution in [3.63, 3.8) is 0 Å². The minimum Gasteiger partial charge on any atom is -0.312 e. The Kier molecular flexibility index (Phi) is 5.55. The second kappa shape index (κ2) is 6.47. The van der Waals surface area contributed by atoms with Crippen molar-refractivity contribution in [1.29, 1.82) is 0 Å². The molecule has 0 bridgehead atoms. The molecule has 0 saturated heterocycles. The van der Waals surface area contributed by atoms with E-state index in [1.807, 2.05) is 5.38 Å². The number of sulfone groups is 1. The topological polar surface area (TPSA) is 59.1 Å². The van der Waals surface area contributed by atoms with E-state index in [-0.39, 0.29) is 6.04 Å². The van der Waals surface area contributed by atoms with Crippen molar-refractivity contribution in [2.75, 3.05) is 12.8 Å². The predicted octanol–water partition coefficient (Wildman–Crippen LogP) is 1.49. The number of thiazole rings is 1. The molecule has 6 heteroatoms. The molecule has 2 atom stereocenters. The van der Waals surface area contributed by atoms with Gasteiger partial charge in [-0.2, -0.15) is 0 Å². The third kappa shape index (κ3) is 4.73. The number of nitrogens with one attached hydrogen (secondary N) is 1. The van der Waals surface area contributed by atoms with Crippen LogP contribution in [-0.2, 0) is 16.3 Å². The number of rotatable bonds is 7. The zero-order valence-corrected chi connectivity index (χ0v) is 12.1. The van der Waals surface area contributed by atoms with Crippen molar-refractivity contribution in [1.82, 2.24) is 10.3 Å². The van der Waals surface area contributed by atoms with Crippen LogP contribution in [-0.4, -0.2) is 37.5 Å². The van der Waals surface area contributed by atoms with Crippen molar-refractivity contribution in [3.05, 3.63) is 16.6 Å². The summed E-state index contributed by atoms with van der Waals surface area (Å²) in [5.74, 6) is 0. The van der Waals surface area contributed by atoms with E-state index in [4.69, 9.17) is 0 Å². The van der Waals surface area contributed by atoms with Crippen LogP contribution in [0, 0.1) is 0 Å². The summed E-state index contributed by atoms with van der Waals surface area (Å²) < 4.78 is 23.2. The summed E-state index contributed by atoms with van der Waals surface area (Å²) in [6, 6.07) is -0.0592. The summed E-state index contributed by atoms with van der Waals surface area (Å²) >= 11 is 1.57. The highest BCUT2D eigenvalue weighted by molar-refractivity contribution is 7.91. The van der Waals surface area contributed by atoms with E-state index in [9.17, 15) is 8.42 Å². The Morgan fingerprint density at radius 1 is 1.53 bits per heavy atom. The maximum atomic E-state index is 11.6. The Bertz CT molecular complexity index is 415. The second-order valence-corrected chi connectivity index (χ2v) is 7.61. The molecule has 2 unspecified atom stereocenters. The molecule has 1 aromatic heterocycles. The van der Waals surface area contributed by atoms with Gasteiger partial charge in [-0.25, -0.2) is 13.4 Å². The molecule has 0 amide bonds. The van der Waals surface area contributed by atoms with Crippen LogP contribution in [0.4, 0.5) is 0 Å². The summed E-state index contributed by atoms with van der Waals surface area (Å²) in [5, 5.41) is 5.81. The minimum atomic E-state index is -3.02. The minimum absolute atomic E-state index is 0.0592. The van der Waals surface area contributed by atoms with Gasteiger partial charge in [0, 0.05) is 30.3 Å². The second-order valence-electron chi connectivity index (χ2n) is 4.23. The number of aromatic nitrogens is 1. The first-order valence-corrected chi connectivity index (χ1v) is 8.59. The Morgan fingerprint density at radius 2 is 2.24 bits per heavy atom. The summed E-state index contributed by atoms with van der Waals surface area (Å²) in [4.78, 5) is 4.21. The number of nitrogens with zero attached hydrogens (tertiary/aromatic N) is 1. The highest BCUT2D eigenvalue weighted by Gasteiger charge is 2.26. The SMILES string of the molecule is CCCNC(Cc1nccs1)C(C)S(C)(=O)=O. The van der Waals surface area contributed by atoms with Crippen LogP contribution in [0.2, 0.25) is 0 Å². The molecule has 0 saturated carbocycles. The van der Waals surface area contributed by atoms with Gasteiger partial charge in [-0.3, -0.25) is 0 Å². The van der Waals surface area contributed by atoms with Crippen LogP contribution in [0.3, 0.4) is 0 Å². The van der Waals surface area contributed by atoms with Gasteiger partial charge in [0.1, 0.15) is 0 Å². The molecule has 0 aliphatic carbocycles. The van der Waals surface area contributed by atoms with Gasteiger partial charge in [-0.05, 0) is 19.9 Å². The smallest absolute Gasteiger partial charge is 0.151 e. The third-order valence-corrected chi connectivity index (χ3v) is 5.26. The van der Waals surface area contributed by atoms with Gasteiger partial charge in [0.05, 0.1) is 10.3 Å². The lowest BCUT2D eigenvalue weighted by atomic mass is 10.1. The van der Waals surface area contributed by atoms with E-state index in [1.54, 1.807) is 24.5 Å². The molecular formula is C11H20N2O2S2. The van der Waals surface area contributed by atoms with Crippen molar-refractivity contribution < 1.29 is 8.42 Å². The molecule has 4 nitrogen and oxygen atoms in total. The van der Waals surface area contributed by atoms with Crippen molar-refractivity contribution in [2.24, 2.45) is 0 Å². The van der Waals surface area contributed by atoms with Crippen LogP contribution >= 0.6 is 11.3 Å². The van der Waals surface area contributed by atoms with Gasteiger partial charge in [-0.15, -0.1) is 11.3 Å². The highest BCUT2D eigenvalue weighted by atomic mass is 32.2. The van der Waals surface area contributed by atoms with E-state index < -0.39 is 15.1 Å². The first-order chi connectivity index (χ1) is 7.95. The standard InChI is InChI=1S/C11H20N2O2S2/c1-4-5-12-10(9(2)17(3,14)15)8-11-13-6-7-16-11/h6-7,9-10,12H,4-5,8H2,1-3H3. The fourth-order valence-corrected chi connectivity index (χ4v) is 3.04. The monoisotopic (exact) mass is 276 g/mol. The lowest BCUT2D eigenvalue weighted by molar-refractivity contribution is 0.481. The molecule has 0 aliphatic rings. The summed E-state index contributed by atoms with van der Waals surface area (Å²) in [7, 11) is -3.02. The molecule has 0 aliphatic heterocycles. The molecule has 1 aromatic rings. The highest BCUT2D eigenvalue weighted by Crippen LogP contribution is 2.13. The molecule has 0 spiro atoms. The zero-order chi connectivity index (χ0) is 12.9. The van der Waals surface area contributed by atoms with Gasteiger partial charge < -0.3 is 5.32 Å². The lowest BCUT2D eigenvalue weighted by Crippen LogP contribution is -2.44. The fraction of sp³-hybridized carbons (Fsp3) is 0.727. The van der Waals surface area contributed by atoms with Gasteiger partial charge in [0.15, 0.2) is 9.84 Å². The van der Waals surface area contributed by atoms with Gasteiger partial charge in [0.2, 0.25) is 0 Å². The number of hydrogen-bond donors (Lipinski definition) is 1. The Morgan fingerprint density at radius 3 is 2.71 bits per heavy atom. The fourth-order valence-electron chi connectivity index (χ4n) is 1.57. The van der Waals surface area contributed by atoms with E-state index in [2.05, 4.69) is 17.2 Å². The maximum Gasteiger partial charge on any atom is 0.151 e. The molecular weight excluding hydrogens is 256 g/mol. The number of hydrogen-bond acceptors (Lipinski definition) is 5. The lowest BCUT2D eigenvalue weighted by Gasteiger charge is -2.23. The van der Waals surface area contributed by atoms with Crippen LogP contribution in [0.1, 0.15) is 25.3 Å². The van der Waals surface area contributed by atoms with Crippen molar-refractivity contribution >= 4 is 21.2 Å². The van der Waals surface area contributed by atoms with Gasteiger partial charge in [-0.1, -0.05) is 6.92 Å². The predicted molar refractivity (Wildman–Crippen MR) is 72.2 cm³/mol. The van der Waals surface area contributed by atoms with Gasteiger partial charge >= 0.3 is 0 Å². The third-order valence-electron chi connectivity index (χ3n) is 2.78. The molecule has 1 heterocycles. The van der Waals surface area contributed by atoms with E-state index in [1.165, 1.54) is 6.26 Å². The van der Waals surface area contributed by atoms with Crippen LogP contribution in [0.25, 0.3) is 0 Å². The first kappa shape index (κ1) is 14.6. The van der Waals surface area contributed by atoms with Crippen LogP contribution in [0.15, 0.2) is 11.6 Å². The first-order valence-electron chi connectivity index (χ1n) is 5.75. The van der Waals surface area contributed by atoms with E-state index in [0.29, 0.717) is 6.42 Å². The van der Waals surface area contributed by atoms with Crippen LogP contribution < -0.4 is 5.32 Å². The molecule has 1 N–H and O–H groups in total. The average molecular weight is 276 g/mol.